The van der Waals surface area contributed by atoms with Crippen molar-refractivity contribution in [2.45, 2.75) is 19.8 Å². The van der Waals surface area contributed by atoms with Crippen molar-refractivity contribution in [1.82, 2.24) is 5.16 Å². The van der Waals surface area contributed by atoms with Crippen LogP contribution in [0.3, 0.4) is 0 Å². The van der Waals surface area contributed by atoms with Crippen molar-refractivity contribution in [3.8, 4) is 17.1 Å². The summed E-state index contributed by atoms with van der Waals surface area (Å²) in [4.78, 5) is 0. The molecule has 0 atom stereocenters. The zero-order chi connectivity index (χ0) is 11.7. The molecule has 2 rings (SSSR count). The normalized spacial score (nSPS) is 10.9. The second-order valence-corrected chi connectivity index (χ2v) is 4.01. The molecule has 2 aromatic rings. The van der Waals surface area contributed by atoms with Crippen LogP contribution >= 0.6 is 0 Å². The van der Waals surface area contributed by atoms with Crippen molar-refractivity contribution in [1.29, 1.82) is 0 Å². The predicted octanol–water partition coefficient (Wildman–Crippen LogP) is 2.75. The number of rotatable bonds is 2. The molecule has 0 aliphatic rings. The summed E-state index contributed by atoms with van der Waals surface area (Å²) in [5.74, 6) is 1.27. The summed E-state index contributed by atoms with van der Waals surface area (Å²) >= 11 is 0. The van der Waals surface area contributed by atoms with Crippen LogP contribution in [0.15, 0.2) is 28.8 Å². The highest BCUT2D eigenvalue weighted by Crippen LogP contribution is 2.36. The minimum absolute atomic E-state index is 0.230. The number of nitrogens with zero attached hydrogens (tertiary/aromatic N) is 1. The number of aromatic nitrogens is 1. The van der Waals surface area contributed by atoms with E-state index in [1.54, 1.807) is 12.1 Å². The zero-order valence-corrected chi connectivity index (χ0v) is 9.27. The Morgan fingerprint density at radius 2 is 2.12 bits per heavy atom. The van der Waals surface area contributed by atoms with Crippen LogP contribution in [0.5, 0.6) is 5.75 Å². The molecule has 1 heterocycles. The van der Waals surface area contributed by atoms with E-state index in [1.807, 2.05) is 26.0 Å². The molecule has 0 radical (unpaired) electrons. The monoisotopic (exact) mass is 218 g/mol. The minimum atomic E-state index is 0.230. The lowest BCUT2D eigenvalue weighted by molar-refractivity contribution is 0.427. The molecule has 0 unspecified atom stereocenters. The molecule has 0 aliphatic heterocycles. The summed E-state index contributed by atoms with van der Waals surface area (Å²) in [6, 6.07) is 7.15. The first-order valence-electron chi connectivity index (χ1n) is 5.14. The molecule has 1 aromatic heterocycles. The third kappa shape index (κ3) is 1.74. The standard InChI is InChI=1S/C12H14N2O2/c1-7(2)8-4-3-5-9(12(8)15)10-6-11(13)14-16-10/h3-7,15H,1-2H3,(H2,13,14). The number of phenols is 1. The maximum Gasteiger partial charge on any atom is 0.172 e. The lowest BCUT2D eigenvalue weighted by atomic mass is 9.98. The second kappa shape index (κ2) is 3.89. The number of para-hydroxylation sites is 1. The van der Waals surface area contributed by atoms with E-state index in [9.17, 15) is 5.11 Å². The molecule has 3 N–H and O–H groups in total. The number of aromatic hydroxyl groups is 1. The summed E-state index contributed by atoms with van der Waals surface area (Å²) < 4.78 is 5.03. The number of benzene rings is 1. The highest BCUT2D eigenvalue weighted by atomic mass is 16.5. The predicted molar refractivity (Wildman–Crippen MR) is 62.1 cm³/mol. The molecule has 0 fully saturated rings. The van der Waals surface area contributed by atoms with Gasteiger partial charge in [0.1, 0.15) is 5.75 Å². The van der Waals surface area contributed by atoms with Gasteiger partial charge in [-0.1, -0.05) is 31.1 Å². The van der Waals surface area contributed by atoms with Crippen LogP contribution in [0.4, 0.5) is 5.82 Å². The summed E-state index contributed by atoms with van der Waals surface area (Å²) in [5.41, 5.74) is 6.98. The number of phenolic OH excluding ortho intramolecular Hbond substituents is 1. The average molecular weight is 218 g/mol. The van der Waals surface area contributed by atoms with Crippen LogP contribution in [0.1, 0.15) is 25.3 Å². The molecule has 4 nitrogen and oxygen atoms in total. The Morgan fingerprint density at radius 3 is 2.69 bits per heavy atom. The lowest BCUT2D eigenvalue weighted by Crippen LogP contribution is -1.89. The van der Waals surface area contributed by atoms with Crippen LogP contribution in [0.25, 0.3) is 11.3 Å². The number of nitrogen functional groups attached to an aromatic ring is 1. The van der Waals surface area contributed by atoms with Gasteiger partial charge in [0, 0.05) is 6.07 Å². The van der Waals surface area contributed by atoms with Gasteiger partial charge >= 0.3 is 0 Å². The Kier molecular flexibility index (Phi) is 2.56. The maximum atomic E-state index is 10.1. The van der Waals surface area contributed by atoms with Crippen LogP contribution in [0.2, 0.25) is 0 Å². The number of anilines is 1. The molecule has 0 saturated carbocycles. The van der Waals surface area contributed by atoms with E-state index < -0.39 is 0 Å². The van der Waals surface area contributed by atoms with E-state index in [0.29, 0.717) is 17.1 Å². The molecule has 16 heavy (non-hydrogen) atoms. The topological polar surface area (TPSA) is 72.3 Å². The van der Waals surface area contributed by atoms with Gasteiger partial charge in [-0.05, 0) is 17.5 Å². The fourth-order valence-electron chi connectivity index (χ4n) is 1.64. The van der Waals surface area contributed by atoms with Crippen molar-refractivity contribution in [3.63, 3.8) is 0 Å². The Bertz CT molecular complexity index is 503. The summed E-state index contributed by atoms with van der Waals surface area (Å²) in [7, 11) is 0. The Morgan fingerprint density at radius 1 is 1.38 bits per heavy atom. The number of hydrogen-bond donors (Lipinski definition) is 2. The second-order valence-electron chi connectivity index (χ2n) is 4.01. The van der Waals surface area contributed by atoms with Crippen molar-refractivity contribution in [3.05, 3.63) is 29.8 Å². The Hall–Kier alpha value is -1.97. The maximum absolute atomic E-state index is 10.1. The summed E-state index contributed by atoms with van der Waals surface area (Å²) in [5, 5.41) is 13.7. The number of nitrogens with two attached hydrogens (primary N) is 1. The van der Waals surface area contributed by atoms with E-state index in [0.717, 1.165) is 5.56 Å². The van der Waals surface area contributed by atoms with Crippen molar-refractivity contribution >= 4 is 5.82 Å². The van der Waals surface area contributed by atoms with Crippen LogP contribution in [0, 0.1) is 0 Å². The van der Waals surface area contributed by atoms with Gasteiger partial charge < -0.3 is 15.4 Å². The molecule has 1 aromatic carbocycles. The first-order chi connectivity index (χ1) is 7.59. The smallest absolute Gasteiger partial charge is 0.172 e. The average Bonchev–Trinajstić information content (AvgIpc) is 2.64. The first-order valence-corrected chi connectivity index (χ1v) is 5.14. The molecule has 0 saturated heterocycles. The molecule has 4 heteroatoms. The Labute approximate surface area is 93.7 Å². The SMILES string of the molecule is CC(C)c1cccc(-c2cc(N)no2)c1O. The molecular formula is C12H14N2O2. The van der Waals surface area contributed by atoms with E-state index in [4.69, 9.17) is 10.3 Å². The van der Waals surface area contributed by atoms with Crippen molar-refractivity contribution < 1.29 is 9.63 Å². The largest absolute Gasteiger partial charge is 0.507 e. The fraction of sp³-hybridized carbons (Fsp3) is 0.250. The van der Waals surface area contributed by atoms with Crippen molar-refractivity contribution in [2.24, 2.45) is 0 Å². The highest BCUT2D eigenvalue weighted by Gasteiger charge is 2.14. The van der Waals surface area contributed by atoms with Crippen LogP contribution in [-0.4, -0.2) is 10.3 Å². The van der Waals surface area contributed by atoms with Gasteiger partial charge in [0.25, 0.3) is 0 Å². The minimum Gasteiger partial charge on any atom is -0.507 e. The van der Waals surface area contributed by atoms with Gasteiger partial charge in [-0.3, -0.25) is 0 Å². The molecule has 0 bridgehead atoms. The van der Waals surface area contributed by atoms with Gasteiger partial charge in [-0.15, -0.1) is 0 Å². The summed E-state index contributed by atoms with van der Waals surface area (Å²) in [6.45, 7) is 4.04. The van der Waals surface area contributed by atoms with E-state index in [2.05, 4.69) is 5.16 Å². The molecule has 0 spiro atoms. The van der Waals surface area contributed by atoms with Gasteiger partial charge in [-0.2, -0.15) is 0 Å². The molecule has 0 aliphatic carbocycles. The van der Waals surface area contributed by atoms with Gasteiger partial charge in [0.2, 0.25) is 0 Å². The third-order valence-electron chi connectivity index (χ3n) is 2.48. The fourth-order valence-corrected chi connectivity index (χ4v) is 1.64. The van der Waals surface area contributed by atoms with Gasteiger partial charge in [0.05, 0.1) is 5.56 Å². The van der Waals surface area contributed by atoms with E-state index in [1.165, 1.54) is 0 Å². The van der Waals surface area contributed by atoms with E-state index in [-0.39, 0.29) is 11.7 Å². The first kappa shape index (κ1) is 10.5. The van der Waals surface area contributed by atoms with Crippen LogP contribution in [-0.2, 0) is 0 Å². The van der Waals surface area contributed by atoms with E-state index >= 15 is 0 Å². The molecular weight excluding hydrogens is 204 g/mol. The summed E-state index contributed by atoms with van der Waals surface area (Å²) in [6.07, 6.45) is 0. The van der Waals surface area contributed by atoms with Gasteiger partial charge in [-0.25, -0.2) is 0 Å². The zero-order valence-electron chi connectivity index (χ0n) is 9.27. The van der Waals surface area contributed by atoms with Crippen LogP contribution < -0.4 is 5.73 Å². The highest BCUT2D eigenvalue weighted by molar-refractivity contribution is 5.69. The Balaban J connectivity index is 2.54. The number of hydrogen-bond acceptors (Lipinski definition) is 4. The molecule has 0 amide bonds. The van der Waals surface area contributed by atoms with Gasteiger partial charge in [0.15, 0.2) is 11.6 Å². The molecule has 84 valence electrons. The van der Waals surface area contributed by atoms with Crippen molar-refractivity contribution in [2.75, 3.05) is 5.73 Å². The quantitative estimate of drug-likeness (QED) is 0.812. The lowest BCUT2D eigenvalue weighted by Gasteiger charge is -2.10. The third-order valence-corrected chi connectivity index (χ3v) is 2.48.